The summed E-state index contributed by atoms with van der Waals surface area (Å²) in [4.78, 5) is 15.0. The van der Waals surface area contributed by atoms with Gasteiger partial charge in [0.2, 0.25) is 0 Å². The number of hydrogen-bond acceptors (Lipinski definition) is 7. The number of nitrogens with two attached hydrogens (primary N) is 1. The summed E-state index contributed by atoms with van der Waals surface area (Å²) in [5.41, 5.74) is 4.63. The molecule has 1 aliphatic heterocycles. The number of rotatable bonds is 2. The summed E-state index contributed by atoms with van der Waals surface area (Å²) in [6.07, 6.45) is -3.27. The highest BCUT2D eigenvalue weighted by molar-refractivity contribution is 5.23. The summed E-state index contributed by atoms with van der Waals surface area (Å²) in [7, 11) is 0. The summed E-state index contributed by atoms with van der Waals surface area (Å²) in [5.74, 6) is 0.0537. The molecule has 94 valence electrons. The van der Waals surface area contributed by atoms with Crippen LogP contribution >= 0.6 is 0 Å². The van der Waals surface area contributed by atoms with Gasteiger partial charge in [0.1, 0.15) is 24.1 Å². The molecule has 0 aromatic carbocycles. The van der Waals surface area contributed by atoms with E-state index in [0.717, 1.165) is 4.57 Å². The van der Waals surface area contributed by atoms with Gasteiger partial charge in [-0.2, -0.15) is 4.98 Å². The van der Waals surface area contributed by atoms with E-state index in [4.69, 9.17) is 15.6 Å². The Hall–Kier alpha value is -1.48. The van der Waals surface area contributed by atoms with E-state index in [1.54, 1.807) is 0 Å². The van der Waals surface area contributed by atoms with E-state index < -0.39 is 36.8 Å². The lowest BCUT2D eigenvalue weighted by molar-refractivity contribution is -0.0549. The van der Waals surface area contributed by atoms with Crippen molar-refractivity contribution in [2.24, 2.45) is 0 Å². The monoisotopic (exact) mass is 243 g/mol. The van der Waals surface area contributed by atoms with Gasteiger partial charge >= 0.3 is 5.69 Å². The van der Waals surface area contributed by atoms with Gasteiger partial charge in [0.05, 0.1) is 6.61 Å². The predicted molar refractivity (Wildman–Crippen MR) is 55.9 cm³/mol. The topological polar surface area (TPSA) is 131 Å². The smallest absolute Gasteiger partial charge is 0.351 e. The quantitative estimate of drug-likeness (QED) is 0.449. The molecule has 0 saturated carbocycles. The minimum Gasteiger partial charge on any atom is -0.394 e. The van der Waals surface area contributed by atoms with Crippen LogP contribution in [0, 0.1) is 0 Å². The predicted octanol–water partition coefficient (Wildman–Crippen LogP) is -2.56. The largest absolute Gasteiger partial charge is 0.394 e. The van der Waals surface area contributed by atoms with E-state index in [1.165, 1.54) is 12.3 Å². The normalized spacial score (nSPS) is 32.9. The van der Waals surface area contributed by atoms with Crippen molar-refractivity contribution >= 4 is 5.82 Å². The van der Waals surface area contributed by atoms with Crippen LogP contribution in [0.4, 0.5) is 5.82 Å². The minimum atomic E-state index is -1.31. The SMILES string of the molecule is Nc1ccn(C2OC(CO)C(O)[C@H]2O)c(=O)n1. The number of aromatic nitrogens is 2. The number of ether oxygens (including phenoxy) is 1. The van der Waals surface area contributed by atoms with Crippen molar-refractivity contribution in [3.8, 4) is 0 Å². The zero-order chi connectivity index (χ0) is 12.6. The van der Waals surface area contributed by atoms with Crippen LogP contribution in [-0.4, -0.2) is 49.8 Å². The molecule has 1 saturated heterocycles. The lowest BCUT2D eigenvalue weighted by Gasteiger charge is -2.16. The molecule has 1 fully saturated rings. The van der Waals surface area contributed by atoms with E-state index in [0.29, 0.717) is 0 Å². The van der Waals surface area contributed by atoms with Crippen LogP contribution < -0.4 is 11.4 Å². The van der Waals surface area contributed by atoms with Gasteiger partial charge in [-0.25, -0.2) is 4.79 Å². The van der Waals surface area contributed by atoms with E-state index >= 15 is 0 Å². The van der Waals surface area contributed by atoms with Crippen LogP contribution in [0.3, 0.4) is 0 Å². The van der Waals surface area contributed by atoms with Gasteiger partial charge in [-0.3, -0.25) is 4.57 Å². The Morgan fingerprint density at radius 1 is 1.47 bits per heavy atom. The van der Waals surface area contributed by atoms with E-state index in [9.17, 15) is 15.0 Å². The maximum Gasteiger partial charge on any atom is 0.351 e. The first-order valence-electron chi connectivity index (χ1n) is 5.01. The van der Waals surface area contributed by atoms with E-state index in [1.807, 2.05) is 0 Å². The van der Waals surface area contributed by atoms with Gasteiger partial charge in [0, 0.05) is 6.20 Å². The average Bonchev–Trinajstić information content (AvgIpc) is 2.57. The van der Waals surface area contributed by atoms with Crippen molar-refractivity contribution in [1.29, 1.82) is 0 Å². The fraction of sp³-hybridized carbons (Fsp3) is 0.556. The molecule has 2 heterocycles. The number of anilines is 1. The second-order valence-corrected chi connectivity index (χ2v) is 3.77. The fourth-order valence-corrected chi connectivity index (χ4v) is 1.73. The Bertz CT molecular complexity index is 462. The Morgan fingerprint density at radius 3 is 2.71 bits per heavy atom. The molecule has 0 spiro atoms. The summed E-state index contributed by atoms with van der Waals surface area (Å²) >= 11 is 0. The van der Waals surface area contributed by atoms with E-state index in [-0.39, 0.29) is 5.82 Å². The zero-order valence-corrected chi connectivity index (χ0v) is 8.80. The van der Waals surface area contributed by atoms with Crippen molar-refractivity contribution in [3.63, 3.8) is 0 Å². The summed E-state index contributed by atoms with van der Waals surface area (Å²) in [6.45, 7) is -0.453. The Morgan fingerprint density at radius 2 is 2.18 bits per heavy atom. The van der Waals surface area contributed by atoms with Gasteiger partial charge in [0.15, 0.2) is 6.23 Å². The number of hydrogen-bond donors (Lipinski definition) is 4. The molecular weight excluding hydrogens is 230 g/mol. The molecule has 1 aromatic rings. The lowest BCUT2D eigenvalue weighted by atomic mass is 10.1. The molecule has 8 heteroatoms. The molecule has 0 radical (unpaired) electrons. The molecule has 8 nitrogen and oxygen atoms in total. The van der Waals surface area contributed by atoms with E-state index in [2.05, 4.69) is 4.98 Å². The average molecular weight is 243 g/mol. The molecular formula is C9H13N3O5. The third-order valence-electron chi connectivity index (χ3n) is 2.64. The Balaban J connectivity index is 2.32. The molecule has 5 N–H and O–H groups in total. The molecule has 1 aromatic heterocycles. The van der Waals surface area contributed by atoms with Crippen molar-refractivity contribution in [2.45, 2.75) is 24.5 Å². The van der Waals surface area contributed by atoms with Gasteiger partial charge in [-0.1, -0.05) is 0 Å². The van der Waals surface area contributed by atoms with Gasteiger partial charge in [0.25, 0.3) is 0 Å². The third-order valence-corrected chi connectivity index (χ3v) is 2.64. The Kier molecular flexibility index (Phi) is 3.11. The first-order chi connectivity index (χ1) is 8.04. The maximum atomic E-state index is 11.5. The highest BCUT2D eigenvalue weighted by Crippen LogP contribution is 2.27. The van der Waals surface area contributed by atoms with Crippen molar-refractivity contribution in [3.05, 3.63) is 22.7 Å². The zero-order valence-electron chi connectivity index (χ0n) is 8.80. The first kappa shape index (κ1) is 12.0. The summed E-state index contributed by atoms with van der Waals surface area (Å²) in [6, 6.07) is 1.37. The number of nitrogens with zero attached hydrogens (tertiary/aromatic N) is 2. The summed E-state index contributed by atoms with van der Waals surface area (Å²) in [5, 5.41) is 28.2. The van der Waals surface area contributed by atoms with Crippen LogP contribution in [0.25, 0.3) is 0 Å². The van der Waals surface area contributed by atoms with Crippen LogP contribution in [0.1, 0.15) is 6.23 Å². The molecule has 0 amide bonds. The molecule has 1 aliphatic rings. The third kappa shape index (κ3) is 2.03. The number of aliphatic hydroxyl groups excluding tert-OH is 3. The Labute approximate surface area is 95.9 Å². The highest BCUT2D eigenvalue weighted by atomic mass is 16.6. The minimum absolute atomic E-state index is 0.0537. The molecule has 2 rings (SSSR count). The standard InChI is InChI=1S/C9H13N3O5/c10-5-1-2-12(9(16)11-5)8-7(15)6(14)4(3-13)17-8/h1-2,4,6-8,13-15H,3H2,(H2,10,11,16)/t4?,6?,7-,8?/m1/s1. The molecule has 4 atom stereocenters. The second kappa shape index (κ2) is 4.41. The summed E-state index contributed by atoms with van der Waals surface area (Å²) < 4.78 is 6.19. The fourth-order valence-electron chi connectivity index (χ4n) is 1.73. The second-order valence-electron chi connectivity index (χ2n) is 3.77. The van der Waals surface area contributed by atoms with Gasteiger partial charge < -0.3 is 25.8 Å². The molecule has 3 unspecified atom stereocenters. The molecule has 17 heavy (non-hydrogen) atoms. The number of nitrogen functional groups attached to an aromatic ring is 1. The molecule has 0 aliphatic carbocycles. The van der Waals surface area contributed by atoms with Gasteiger partial charge in [-0.05, 0) is 6.07 Å². The van der Waals surface area contributed by atoms with Crippen molar-refractivity contribution in [2.75, 3.05) is 12.3 Å². The van der Waals surface area contributed by atoms with Crippen molar-refractivity contribution < 1.29 is 20.1 Å². The number of aliphatic hydroxyl groups is 3. The highest BCUT2D eigenvalue weighted by Gasteiger charge is 2.43. The molecule has 0 bridgehead atoms. The maximum absolute atomic E-state index is 11.5. The van der Waals surface area contributed by atoms with Crippen LogP contribution in [0.2, 0.25) is 0 Å². The first-order valence-corrected chi connectivity index (χ1v) is 5.01. The van der Waals surface area contributed by atoms with Gasteiger partial charge in [-0.15, -0.1) is 0 Å². The van der Waals surface area contributed by atoms with Crippen LogP contribution in [0.5, 0.6) is 0 Å². The van der Waals surface area contributed by atoms with Crippen LogP contribution in [-0.2, 0) is 4.74 Å². The van der Waals surface area contributed by atoms with Crippen LogP contribution in [0.15, 0.2) is 17.1 Å². The lowest BCUT2D eigenvalue weighted by Crippen LogP contribution is -2.36. The van der Waals surface area contributed by atoms with Crippen molar-refractivity contribution in [1.82, 2.24) is 9.55 Å².